The molecule has 0 aliphatic carbocycles. The Morgan fingerprint density at radius 2 is 1.67 bits per heavy atom. The number of anilines is 1. The zero-order valence-electron chi connectivity index (χ0n) is 11.4. The molecule has 1 heterocycles. The van der Waals surface area contributed by atoms with Crippen molar-refractivity contribution in [2.45, 2.75) is 6.54 Å². The minimum absolute atomic E-state index is 0.238. The maximum absolute atomic E-state index is 12.9. The van der Waals surface area contributed by atoms with E-state index in [4.69, 9.17) is 11.6 Å². The molecule has 1 aromatic heterocycles. The highest BCUT2D eigenvalue weighted by atomic mass is 35.5. The second-order valence-electron chi connectivity index (χ2n) is 4.84. The summed E-state index contributed by atoms with van der Waals surface area (Å²) in [5.41, 5.74) is 1.000. The maximum Gasteiger partial charge on any atom is 0.159 e. The van der Waals surface area contributed by atoms with Crippen LogP contribution in [0.25, 0.3) is 10.8 Å². The summed E-state index contributed by atoms with van der Waals surface area (Å²) in [6.07, 6.45) is 0. The molecule has 3 rings (SSSR count). The summed E-state index contributed by atoms with van der Waals surface area (Å²) in [5, 5.41) is 10.4. The van der Waals surface area contributed by atoms with Gasteiger partial charge in [-0.3, -0.25) is 0 Å². The first kappa shape index (κ1) is 13.8. The predicted octanol–water partition coefficient (Wildman–Crippen LogP) is 4.06. The average molecular weight is 302 g/mol. The van der Waals surface area contributed by atoms with Gasteiger partial charge in [-0.2, -0.15) is 0 Å². The smallest absolute Gasteiger partial charge is 0.159 e. The number of halogens is 2. The first-order valence-corrected chi connectivity index (χ1v) is 6.89. The lowest BCUT2D eigenvalue weighted by atomic mass is 10.1. The van der Waals surface area contributed by atoms with Crippen LogP contribution in [-0.4, -0.2) is 17.2 Å². The van der Waals surface area contributed by atoms with E-state index >= 15 is 0 Å². The molecule has 0 aliphatic rings. The van der Waals surface area contributed by atoms with Gasteiger partial charge in [0, 0.05) is 24.4 Å². The Bertz CT molecular complexity index is 774. The largest absolute Gasteiger partial charge is 0.353 e. The molecule has 0 saturated carbocycles. The third-order valence-corrected chi connectivity index (χ3v) is 3.60. The number of hydrogen-bond donors (Lipinski definition) is 0. The van der Waals surface area contributed by atoms with Crippen molar-refractivity contribution >= 4 is 28.2 Å². The van der Waals surface area contributed by atoms with Gasteiger partial charge in [0.25, 0.3) is 0 Å². The van der Waals surface area contributed by atoms with E-state index in [0.29, 0.717) is 11.7 Å². The fraction of sp³-hybridized carbons (Fsp3) is 0.125. The standard InChI is InChI=1S/C16H13ClFN3/c1-21(10-11-6-8-12(18)9-7-11)16-14-5-3-2-4-13(14)15(17)19-20-16/h2-9H,10H2,1H3. The fourth-order valence-corrected chi connectivity index (χ4v) is 2.48. The molecule has 0 bridgehead atoms. The maximum atomic E-state index is 12.9. The number of rotatable bonds is 3. The van der Waals surface area contributed by atoms with E-state index in [-0.39, 0.29) is 5.82 Å². The molecule has 0 amide bonds. The van der Waals surface area contributed by atoms with E-state index in [2.05, 4.69) is 10.2 Å². The second-order valence-corrected chi connectivity index (χ2v) is 5.20. The summed E-state index contributed by atoms with van der Waals surface area (Å²) in [5.74, 6) is 0.512. The zero-order valence-corrected chi connectivity index (χ0v) is 12.2. The topological polar surface area (TPSA) is 29.0 Å². The Hall–Kier alpha value is -2.20. The van der Waals surface area contributed by atoms with Crippen molar-refractivity contribution in [2.75, 3.05) is 11.9 Å². The molecular formula is C16H13ClFN3. The van der Waals surface area contributed by atoms with Crippen LogP contribution in [0.1, 0.15) is 5.56 Å². The molecule has 106 valence electrons. The van der Waals surface area contributed by atoms with E-state index in [1.165, 1.54) is 12.1 Å². The molecular weight excluding hydrogens is 289 g/mol. The lowest BCUT2D eigenvalue weighted by Gasteiger charge is -2.19. The SMILES string of the molecule is CN(Cc1ccc(F)cc1)c1nnc(Cl)c2ccccc12. The van der Waals surface area contributed by atoms with Crippen LogP contribution >= 0.6 is 11.6 Å². The molecule has 0 saturated heterocycles. The van der Waals surface area contributed by atoms with Crippen LogP contribution in [0, 0.1) is 5.82 Å². The Kier molecular flexibility index (Phi) is 3.71. The number of benzene rings is 2. The van der Waals surface area contributed by atoms with Gasteiger partial charge in [-0.05, 0) is 17.7 Å². The van der Waals surface area contributed by atoms with Gasteiger partial charge in [0.1, 0.15) is 5.82 Å². The number of aromatic nitrogens is 2. The summed E-state index contributed by atoms with van der Waals surface area (Å²) in [6.45, 7) is 0.612. The van der Waals surface area contributed by atoms with E-state index in [1.54, 1.807) is 12.1 Å². The van der Waals surface area contributed by atoms with Crippen molar-refractivity contribution in [1.82, 2.24) is 10.2 Å². The molecule has 3 aromatic rings. The van der Waals surface area contributed by atoms with Crippen LogP contribution in [0.4, 0.5) is 10.2 Å². The van der Waals surface area contributed by atoms with Crippen LogP contribution < -0.4 is 4.90 Å². The van der Waals surface area contributed by atoms with Crippen molar-refractivity contribution in [3.05, 3.63) is 65.1 Å². The van der Waals surface area contributed by atoms with E-state index in [1.807, 2.05) is 36.2 Å². The summed E-state index contributed by atoms with van der Waals surface area (Å²) in [4.78, 5) is 1.97. The molecule has 0 unspecified atom stereocenters. The summed E-state index contributed by atoms with van der Waals surface area (Å²) in [6, 6.07) is 14.2. The van der Waals surface area contributed by atoms with Gasteiger partial charge in [0.05, 0.1) is 0 Å². The van der Waals surface area contributed by atoms with Gasteiger partial charge in [-0.25, -0.2) is 4.39 Å². The number of hydrogen-bond acceptors (Lipinski definition) is 3. The van der Waals surface area contributed by atoms with Gasteiger partial charge < -0.3 is 4.90 Å². The highest BCUT2D eigenvalue weighted by molar-refractivity contribution is 6.34. The van der Waals surface area contributed by atoms with Crippen molar-refractivity contribution in [1.29, 1.82) is 0 Å². The number of fused-ring (bicyclic) bond motifs is 1. The molecule has 2 aromatic carbocycles. The summed E-state index contributed by atoms with van der Waals surface area (Å²) >= 11 is 6.08. The highest BCUT2D eigenvalue weighted by Crippen LogP contribution is 2.28. The van der Waals surface area contributed by atoms with E-state index in [0.717, 1.165) is 22.2 Å². The van der Waals surface area contributed by atoms with Gasteiger partial charge in [0.2, 0.25) is 0 Å². The molecule has 0 atom stereocenters. The quantitative estimate of drug-likeness (QED) is 0.730. The van der Waals surface area contributed by atoms with Gasteiger partial charge in [0.15, 0.2) is 11.0 Å². The normalized spacial score (nSPS) is 10.8. The lowest BCUT2D eigenvalue weighted by Crippen LogP contribution is -2.18. The fourth-order valence-electron chi connectivity index (χ4n) is 2.28. The van der Waals surface area contributed by atoms with E-state index < -0.39 is 0 Å². The monoisotopic (exact) mass is 301 g/mol. The molecule has 0 N–H and O–H groups in total. The summed E-state index contributed by atoms with van der Waals surface area (Å²) in [7, 11) is 1.92. The zero-order chi connectivity index (χ0) is 14.8. The predicted molar refractivity (Wildman–Crippen MR) is 83.1 cm³/mol. The molecule has 0 aliphatic heterocycles. The second kappa shape index (κ2) is 5.66. The molecule has 0 radical (unpaired) electrons. The lowest BCUT2D eigenvalue weighted by molar-refractivity contribution is 0.627. The molecule has 3 nitrogen and oxygen atoms in total. The van der Waals surface area contributed by atoms with Crippen molar-refractivity contribution in [3.63, 3.8) is 0 Å². The molecule has 21 heavy (non-hydrogen) atoms. The van der Waals surface area contributed by atoms with Crippen LogP contribution in [-0.2, 0) is 6.54 Å². The van der Waals surface area contributed by atoms with Crippen LogP contribution in [0.15, 0.2) is 48.5 Å². The molecule has 0 spiro atoms. The minimum atomic E-state index is -0.238. The molecule has 0 fully saturated rings. The van der Waals surface area contributed by atoms with Crippen LogP contribution in [0.2, 0.25) is 5.15 Å². The summed E-state index contributed by atoms with van der Waals surface area (Å²) < 4.78 is 12.9. The average Bonchev–Trinajstić information content (AvgIpc) is 2.50. The Balaban J connectivity index is 1.96. The van der Waals surface area contributed by atoms with Gasteiger partial charge >= 0.3 is 0 Å². The van der Waals surface area contributed by atoms with E-state index in [9.17, 15) is 4.39 Å². The van der Waals surface area contributed by atoms with Gasteiger partial charge in [-0.1, -0.05) is 48.0 Å². The van der Waals surface area contributed by atoms with Crippen LogP contribution in [0.3, 0.4) is 0 Å². The number of nitrogens with zero attached hydrogens (tertiary/aromatic N) is 3. The Labute approximate surface area is 127 Å². The van der Waals surface area contributed by atoms with Crippen molar-refractivity contribution < 1.29 is 4.39 Å². The van der Waals surface area contributed by atoms with Gasteiger partial charge in [-0.15, -0.1) is 10.2 Å². The third kappa shape index (κ3) is 2.81. The Morgan fingerprint density at radius 3 is 2.38 bits per heavy atom. The third-order valence-electron chi connectivity index (χ3n) is 3.32. The Morgan fingerprint density at radius 1 is 1.00 bits per heavy atom. The first-order chi connectivity index (χ1) is 10.1. The highest BCUT2D eigenvalue weighted by Gasteiger charge is 2.11. The first-order valence-electron chi connectivity index (χ1n) is 6.51. The van der Waals surface area contributed by atoms with Crippen molar-refractivity contribution in [3.8, 4) is 0 Å². The molecule has 5 heteroatoms. The minimum Gasteiger partial charge on any atom is -0.353 e. The van der Waals surface area contributed by atoms with Crippen LogP contribution in [0.5, 0.6) is 0 Å². The van der Waals surface area contributed by atoms with Crippen molar-refractivity contribution in [2.24, 2.45) is 0 Å².